The number of rotatable bonds is 6. The molecule has 9 nitrogen and oxygen atoms in total. The summed E-state index contributed by atoms with van der Waals surface area (Å²) in [6.07, 6.45) is 2.43. The van der Waals surface area contributed by atoms with Gasteiger partial charge in [0.05, 0.1) is 24.4 Å². The van der Waals surface area contributed by atoms with Crippen LogP contribution in [0.5, 0.6) is 0 Å². The summed E-state index contributed by atoms with van der Waals surface area (Å²) in [6, 6.07) is 3.76. The highest BCUT2D eigenvalue weighted by atomic mass is 19.1. The normalized spacial score (nSPS) is 19.6. The first-order valence-electron chi connectivity index (χ1n) is 9.99. The van der Waals surface area contributed by atoms with Crippen LogP contribution in [0.25, 0.3) is 11.0 Å². The molecule has 0 saturated carbocycles. The van der Waals surface area contributed by atoms with Crippen molar-refractivity contribution in [3.63, 3.8) is 0 Å². The SMILES string of the molecule is CO[C@H]1CCN(c2nccc(Nc3cc4c(cn3)nc(CO)n4C(C)C)n2)C[C@@H]1F. The summed E-state index contributed by atoms with van der Waals surface area (Å²) in [5.41, 5.74) is 1.60. The van der Waals surface area contributed by atoms with E-state index in [0.29, 0.717) is 36.4 Å². The predicted molar refractivity (Wildman–Crippen MR) is 112 cm³/mol. The molecule has 0 spiro atoms. The van der Waals surface area contributed by atoms with Crippen molar-refractivity contribution in [2.75, 3.05) is 30.4 Å². The first kappa shape index (κ1) is 20.4. The average molecular weight is 415 g/mol. The summed E-state index contributed by atoms with van der Waals surface area (Å²) in [4.78, 5) is 19.5. The highest BCUT2D eigenvalue weighted by Gasteiger charge is 2.30. The van der Waals surface area contributed by atoms with Gasteiger partial charge >= 0.3 is 0 Å². The van der Waals surface area contributed by atoms with Crippen molar-refractivity contribution in [3.05, 3.63) is 30.4 Å². The van der Waals surface area contributed by atoms with Gasteiger partial charge in [-0.1, -0.05) is 0 Å². The number of pyridine rings is 1. The number of aliphatic hydroxyl groups excluding tert-OH is 1. The summed E-state index contributed by atoms with van der Waals surface area (Å²) in [7, 11) is 1.53. The van der Waals surface area contributed by atoms with Gasteiger partial charge in [-0.05, 0) is 26.3 Å². The largest absolute Gasteiger partial charge is 0.388 e. The lowest BCUT2D eigenvalue weighted by molar-refractivity contribution is 0.0194. The standard InChI is InChI=1S/C20H26FN7O2/c1-12(2)28-15-8-18(23-9-14(15)24-19(28)11-29)25-17-4-6-22-20(26-17)27-7-5-16(30-3)13(21)10-27/h4,6,8-9,12-13,16,29H,5,7,10-11H2,1-3H3,(H,22,23,25,26)/t13-,16-/m0/s1. The maximum absolute atomic E-state index is 14.2. The molecule has 30 heavy (non-hydrogen) atoms. The quantitative estimate of drug-likeness (QED) is 0.634. The van der Waals surface area contributed by atoms with E-state index in [-0.39, 0.29) is 25.3 Å². The number of ether oxygens (including phenoxy) is 1. The van der Waals surface area contributed by atoms with Crippen molar-refractivity contribution in [2.45, 2.75) is 45.2 Å². The molecular weight excluding hydrogens is 389 g/mol. The van der Waals surface area contributed by atoms with E-state index in [9.17, 15) is 9.50 Å². The maximum atomic E-state index is 14.2. The molecule has 0 aliphatic carbocycles. The van der Waals surface area contributed by atoms with Gasteiger partial charge in [-0.15, -0.1) is 0 Å². The molecule has 4 rings (SSSR count). The van der Waals surface area contributed by atoms with Gasteiger partial charge < -0.3 is 24.6 Å². The van der Waals surface area contributed by atoms with Crippen LogP contribution in [0, 0.1) is 0 Å². The minimum atomic E-state index is -1.08. The predicted octanol–water partition coefficient (Wildman–Crippen LogP) is 2.60. The smallest absolute Gasteiger partial charge is 0.227 e. The van der Waals surface area contributed by atoms with Crippen LogP contribution in [0.2, 0.25) is 0 Å². The van der Waals surface area contributed by atoms with Crippen LogP contribution in [-0.4, -0.2) is 62.1 Å². The number of aromatic nitrogens is 5. The Morgan fingerprint density at radius 3 is 2.83 bits per heavy atom. The third-order valence-corrected chi connectivity index (χ3v) is 5.27. The Morgan fingerprint density at radius 2 is 2.13 bits per heavy atom. The lowest BCUT2D eigenvalue weighted by atomic mass is 10.1. The number of hydrogen-bond donors (Lipinski definition) is 2. The molecule has 3 aromatic heterocycles. The molecule has 160 valence electrons. The van der Waals surface area contributed by atoms with Crippen molar-refractivity contribution >= 4 is 28.6 Å². The summed E-state index contributed by atoms with van der Waals surface area (Å²) in [5.74, 6) is 2.23. The highest BCUT2D eigenvalue weighted by molar-refractivity contribution is 5.79. The Hall–Kier alpha value is -2.85. The second-order valence-corrected chi connectivity index (χ2v) is 7.60. The highest BCUT2D eigenvalue weighted by Crippen LogP contribution is 2.25. The van der Waals surface area contributed by atoms with E-state index in [2.05, 4.69) is 25.3 Å². The van der Waals surface area contributed by atoms with E-state index in [1.54, 1.807) is 18.5 Å². The number of anilines is 3. The van der Waals surface area contributed by atoms with E-state index in [4.69, 9.17) is 4.74 Å². The van der Waals surface area contributed by atoms with Crippen molar-refractivity contribution in [1.29, 1.82) is 0 Å². The van der Waals surface area contributed by atoms with Crippen molar-refractivity contribution in [1.82, 2.24) is 24.5 Å². The van der Waals surface area contributed by atoms with Gasteiger partial charge in [0.2, 0.25) is 5.95 Å². The molecule has 10 heteroatoms. The van der Waals surface area contributed by atoms with E-state index < -0.39 is 6.17 Å². The van der Waals surface area contributed by atoms with Crippen LogP contribution in [0.15, 0.2) is 24.5 Å². The number of halogens is 1. The average Bonchev–Trinajstić information content (AvgIpc) is 3.12. The van der Waals surface area contributed by atoms with Gasteiger partial charge in [0.25, 0.3) is 0 Å². The van der Waals surface area contributed by atoms with Gasteiger partial charge in [0.1, 0.15) is 35.8 Å². The lowest BCUT2D eigenvalue weighted by Gasteiger charge is -2.33. The van der Waals surface area contributed by atoms with Gasteiger partial charge in [-0.25, -0.2) is 19.3 Å². The Morgan fingerprint density at radius 1 is 1.30 bits per heavy atom. The zero-order valence-electron chi connectivity index (χ0n) is 17.3. The molecular formula is C20H26FN7O2. The maximum Gasteiger partial charge on any atom is 0.227 e. The zero-order chi connectivity index (χ0) is 21.3. The van der Waals surface area contributed by atoms with Crippen LogP contribution < -0.4 is 10.2 Å². The number of nitrogens with one attached hydrogen (secondary N) is 1. The molecule has 2 N–H and O–H groups in total. The summed E-state index contributed by atoms with van der Waals surface area (Å²) in [5, 5.41) is 12.8. The van der Waals surface area contributed by atoms with E-state index in [1.807, 2.05) is 29.4 Å². The molecule has 1 saturated heterocycles. The fourth-order valence-electron chi connectivity index (χ4n) is 3.84. The molecule has 1 aliphatic heterocycles. The van der Waals surface area contributed by atoms with E-state index in [1.165, 1.54) is 7.11 Å². The first-order valence-corrected chi connectivity index (χ1v) is 9.99. The monoisotopic (exact) mass is 415 g/mol. The molecule has 0 unspecified atom stereocenters. The van der Waals surface area contributed by atoms with Gasteiger partial charge in [0.15, 0.2) is 0 Å². The topological polar surface area (TPSA) is 101 Å². The molecule has 0 aromatic carbocycles. The van der Waals surface area contributed by atoms with Crippen LogP contribution in [0.3, 0.4) is 0 Å². The lowest BCUT2D eigenvalue weighted by Crippen LogP contribution is -2.46. The number of alkyl halides is 1. The molecule has 1 fully saturated rings. The number of piperidine rings is 1. The number of hydrogen-bond acceptors (Lipinski definition) is 8. The molecule has 3 aromatic rings. The van der Waals surface area contributed by atoms with Gasteiger partial charge in [-0.2, -0.15) is 4.98 Å². The number of imidazole rings is 1. The fraction of sp³-hybridized carbons (Fsp3) is 0.500. The Kier molecular flexibility index (Phi) is 5.78. The van der Waals surface area contributed by atoms with Gasteiger partial charge in [-0.3, -0.25) is 0 Å². The first-order chi connectivity index (χ1) is 14.5. The van der Waals surface area contributed by atoms with Crippen LogP contribution >= 0.6 is 0 Å². The second-order valence-electron chi connectivity index (χ2n) is 7.60. The molecule has 0 radical (unpaired) electrons. The Balaban J connectivity index is 1.57. The number of fused-ring (bicyclic) bond motifs is 1. The minimum absolute atomic E-state index is 0.139. The van der Waals surface area contributed by atoms with Crippen LogP contribution in [0.4, 0.5) is 22.0 Å². The van der Waals surface area contributed by atoms with E-state index in [0.717, 1.165) is 11.0 Å². The third-order valence-electron chi connectivity index (χ3n) is 5.27. The molecule has 2 atom stereocenters. The fourth-order valence-corrected chi connectivity index (χ4v) is 3.84. The van der Waals surface area contributed by atoms with Crippen molar-refractivity contribution in [2.24, 2.45) is 0 Å². The third kappa shape index (κ3) is 3.92. The molecule has 4 heterocycles. The number of methoxy groups -OCH3 is 1. The summed E-state index contributed by atoms with van der Waals surface area (Å²) >= 11 is 0. The van der Waals surface area contributed by atoms with E-state index >= 15 is 0 Å². The molecule has 0 bridgehead atoms. The van der Waals surface area contributed by atoms with Gasteiger partial charge in [0, 0.05) is 32.0 Å². The summed E-state index contributed by atoms with van der Waals surface area (Å²) in [6.45, 7) is 4.76. The number of nitrogens with zero attached hydrogens (tertiary/aromatic N) is 6. The zero-order valence-corrected chi connectivity index (χ0v) is 17.3. The molecule has 1 aliphatic rings. The minimum Gasteiger partial charge on any atom is -0.388 e. The number of aliphatic hydroxyl groups is 1. The summed E-state index contributed by atoms with van der Waals surface area (Å²) < 4.78 is 21.4. The van der Waals surface area contributed by atoms with Crippen LogP contribution in [-0.2, 0) is 11.3 Å². The van der Waals surface area contributed by atoms with Crippen molar-refractivity contribution in [3.8, 4) is 0 Å². The van der Waals surface area contributed by atoms with Crippen LogP contribution in [0.1, 0.15) is 32.1 Å². The Labute approximate surface area is 173 Å². The Bertz CT molecular complexity index is 1030. The second kappa shape index (κ2) is 8.49. The molecule has 0 amide bonds. The van der Waals surface area contributed by atoms with Crippen molar-refractivity contribution < 1.29 is 14.2 Å².